The van der Waals surface area contributed by atoms with Crippen molar-refractivity contribution in [1.29, 1.82) is 0 Å². The first-order valence-corrected chi connectivity index (χ1v) is 5.98. The van der Waals surface area contributed by atoms with E-state index in [1.807, 2.05) is 36.2 Å². The van der Waals surface area contributed by atoms with Gasteiger partial charge in [0.2, 0.25) is 5.89 Å². The fourth-order valence-corrected chi connectivity index (χ4v) is 1.62. The number of anilines is 1. The van der Waals surface area contributed by atoms with E-state index in [1.54, 1.807) is 6.92 Å². The lowest BCUT2D eigenvalue weighted by Gasteiger charge is -2.13. The molecule has 0 saturated heterocycles. The first kappa shape index (κ1) is 12.9. The number of nitrogens with two attached hydrogens (primary N) is 1. The Kier molecular flexibility index (Phi) is 3.84. The van der Waals surface area contributed by atoms with Crippen LogP contribution in [0, 0.1) is 0 Å². The Morgan fingerprint density at radius 1 is 1.33 bits per heavy atom. The summed E-state index contributed by atoms with van der Waals surface area (Å²) in [7, 11) is 1.88. The molecule has 0 spiro atoms. The third kappa shape index (κ3) is 3.00. The van der Waals surface area contributed by atoms with Gasteiger partial charge in [0.05, 0.1) is 6.04 Å². The lowest BCUT2D eigenvalue weighted by molar-refractivity contribution is 0.460. The Morgan fingerprint density at radius 3 is 2.56 bits per heavy atom. The highest BCUT2D eigenvalue weighted by molar-refractivity contribution is 6.30. The van der Waals surface area contributed by atoms with Crippen LogP contribution in [0.15, 0.2) is 28.7 Å². The molecule has 2 aromatic rings. The fourth-order valence-electron chi connectivity index (χ4n) is 1.50. The van der Waals surface area contributed by atoms with E-state index >= 15 is 0 Å². The van der Waals surface area contributed by atoms with Crippen LogP contribution in [0.3, 0.4) is 0 Å². The zero-order valence-corrected chi connectivity index (χ0v) is 11.1. The maximum atomic E-state index is 5.84. The molecule has 96 valence electrons. The quantitative estimate of drug-likeness (QED) is 0.920. The lowest BCUT2D eigenvalue weighted by Crippen LogP contribution is -2.16. The summed E-state index contributed by atoms with van der Waals surface area (Å²) in [5.41, 5.74) is 6.78. The summed E-state index contributed by atoms with van der Waals surface area (Å²) in [4.78, 5) is 1.86. The fraction of sp³-hybridized carbons (Fsp3) is 0.333. The Bertz CT molecular complexity index is 509. The Labute approximate surface area is 111 Å². The Hall–Kier alpha value is -1.59. The van der Waals surface area contributed by atoms with E-state index in [1.165, 1.54) is 0 Å². The van der Waals surface area contributed by atoms with Gasteiger partial charge >= 0.3 is 6.01 Å². The van der Waals surface area contributed by atoms with Crippen molar-refractivity contribution in [2.45, 2.75) is 19.5 Å². The zero-order chi connectivity index (χ0) is 13.1. The van der Waals surface area contributed by atoms with Gasteiger partial charge in [-0.25, -0.2) is 0 Å². The van der Waals surface area contributed by atoms with Gasteiger partial charge in [-0.15, -0.1) is 5.10 Å². The molecule has 1 heterocycles. The average molecular weight is 267 g/mol. The van der Waals surface area contributed by atoms with Gasteiger partial charge in [0, 0.05) is 18.6 Å². The van der Waals surface area contributed by atoms with Gasteiger partial charge in [-0.2, -0.15) is 0 Å². The van der Waals surface area contributed by atoms with E-state index in [0.717, 1.165) is 10.6 Å². The van der Waals surface area contributed by atoms with E-state index in [0.29, 0.717) is 18.5 Å². The number of nitrogens with zero attached hydrogens (tertiary/aromatic N) is 3. The number of hydrogen-bond acceptors (Lipinski definition) is 5. The van der Waals surface area contributed by atoms with Crippen molar-refractivity contribution in [2.75, 3.05) is 11.9 Å². The standard InChI is InChI=1S/C12H15ClN4O/c1-8(14)11-15-16-12(18-11)17(2)7-9-3-5-10(13)6-4-9/h3-6,8H,7,14H2,1-2H3. The van der Waals surface area contributed by atoms with Crippen molar-refractivity contribution < 1.29 is 4.42 Å². The molecule has 0 fully saturated rings. The Morgan fingerprint density at radius 2 is 2.00 bits per heavy atom. The molecular formula is C12H15ClN4O. The molecule has 0 radical (unpaired) electrons. The molecular weight excluding hydrogens is 252 g/mol. The third-order valence-electron chi connectivity index (χ3n) is 2.48. The predicted molar refractivity (Wildman–Crippen MR) is 70.5 cm³/mol. The second-order valence-corrected chi connectivity index (χ2v) is 4.63. The molecule has 0 aliphatic rings. The molecule has 0 bridgehead atoms. The van der Waals surface area contributed by atoms with Gasteiger partial charge in [0.15, 0.2) is 0 Å². The van der Waals surface area contributed by atoms with Crippen molar-refractivity contribution in [3.8, 4) is 0 Å². The maximum absolute atomic E-state index is 5.84. The van der Waals surface area contributed by atoms with Gasteiger partial charge in [0.1, 0.15) is 0 Å². The van der Waals surface area contributed by atoms with Crippen molar-refractivity contribution in [1.82, 2.24) is 10.2 Å². The molecule has 2 N–H and O–H groups in total. The minimum atomic E-state index is -0.254. The Balaban J connectivity index is 2.06. The average Bonchev–Trinajstić information content (AvgIpc) is 2.81. The van der Waals surface area contributed by atoms with E-state index in [-0.39, 0.29) is 6.04 Å². The molecule has 1 atom stereocenters. The van der Waals surface area contributed by atoms with Gasteiger partial charge in [-0.1, -0.05) is 28.8 Å². The van der Waals surface area contributed by atoms with Crippen LogP contribution in [0.5, 0.6) is 0 Å². The zero-order valence-electron chi connectivity index (χ0n) is 10.3. The second-order valence-electron chi connectivity index (χ2n) is 4.19. The number of benzene rings is 1. The summed E-state index contributed by atoms with van der Waals surface area (Å²) in [5.74, 6) is 0.438. The summed E-state index contributed by atoms with van der Waals surface area (Å²) in [6, 6.07) is 7.83. The van der Waals surface area contributed by atoms with Crippen molar-refractivity contribution in [2.24, 2.45) is 5.73 Å². The second kappa shape index (κ2) is 5.37. The van der Waals surface area contributed by atoms with Crippen LogP contribution in [0.2, 0.25) is 5.02 Å². The molecule has 1 aromatic carbocycles. The third-order valence-corrected chi connectivity index (χ3v) is 2.73. The lowest BCUT2D eigenvalue weighted by atomic mass is 10.2. The van der Waals surface area contributed by atoms with E-state index < -0.39 is 0 Å². The number of hydrogen-bond donors (Lipinski definition) is 1. The number of rotatable bonds is 4. The molecule has 0 saturated carbocycles. The predicted octanol–water partition coefficient (Wildman–Crippen LogP) is 2.38. The van der Waals surface area contributed by atoms with Crippen LogP contribution < -0.4 is 10.6 Å². The first-order chi connectivity index (χ1) is 8.56. The molecule has 1 unspecified atom stereocenters. The molecule has 0 aliphatic heterocycles. The SMILES string of the molecule is CC(N)c1nnc(N(C)Cc2ccc(Cl)cc2)o1. The molecule has 0 aliphatic carbocycles. The highest BCUT2D eigenvalue weighted by Crippen LogP contribution is 2.17. The van der Waals surface area contributed by atoms with Crippen LogP contribution in [0.1, 0.15) is 24.4 Å². The summed E-state index contributed by atoms with van der Waals surface area (Å²) in [6.07, 6.45) is 0. The number of aromatic nitrogens is 2. The molecule has 0 amide bonds. The van der Waals surface area contributed by atoms with E-state index in [2.05, 4.69) is 10.2 Å². The van der Waals surface area contributed by atoms with Crippen LogP contribution in [-0.4, -0.2) is 17.2 Å². The van der Waals surface area contributed by atoms with Crippen molar-refractivity contribution in [3.05, 3.63) is 40.7 Å². The van der Waals surface area contributed by atoms with Gasteiger partial charge in [0.25, 0.3) is 0 Å². The largest absolute Gasteiger partial charge is 0.406 e. The van der Waals surface area contributed by atoms with Gasteiger partial charge in [-0.05, 0) is 24.6 Å². The smallest absolute Gasteiger partial charge is 0.318 e. The van der Waals surface area contributed by atoms with Crippen LogP contribution in [0.4, 0.5) is 6.01 Å². The van der Waals surface area contributed by atoms with Crippen LogP contribution >= 0.6 is 11.6 Å². The van der Waals surface area contributed by atoms with Gasteiger partial charge in [-0.3, -0.25) is 0 Å². The summed E-state index contributed by atoms with van der Waals surface area (Å²) < 4.78 is 5.46. The summed E-state index contributed by atoms with van der Waals surface area (Å²) >= 11 is 5.84. The maximum Gasteiger partial charge on any atom is 0.318 e. The highest BCUT2D eigenvalue weighted by atomic mass is 35.5. The molecule has 1 aromatic heterocycles. The normalized spacial score (nSPS) is 12.4. The van der Waals surface area contributed by atoms with Crippen LogP contribution in [-0.2, 0) is 6.54 Å². The van der Waals surface area contributed by atoms with Crippen molar-refractivity contribution in [3.63, 3.8) is 0 Å². The van der Waals surface area contributed by atoms with E-state index in [4.69, 9.17) is 21.8 Å². The molecule has 6 heteroatoms. The number of halogens is 1. The van der Waals surface area contributed by atoms with Crippen LogP contribution in [0.25, 0.3) is 0 Å². The van der Waals surface area contributed by atoms with Gasteiger partial charge < -0.3 is 15.1 Å². The summed E-state index contributed by atoms with van der Waals surface area (Å²) in [6.45, 7) is 2.47. The molecule has 18 heavy (non-hydrogen) atoms. The minimum absolute atomic E-state index is 0.254. The molecule has 5 nitrogen and oxygen atoms in total. The van der Waals surface area contributed by atoms with E-state index in [9.17, 15) is 0 Å². The monoisotopic (exact) mass is 266 g/mol. The summed E-state index contributed by atoms with van der Waals surface area (Å²) in [5, 5.41) is 8.56. The topological polar surface area (TPSA) is 68.2 Å². The minimum Gasteiger partial charge on any atom is -0.406 e. The molecule has 2 rings (SSSR count). The van der Waals surface area contributed by atoms with Crippen molar-refractivity contribution >= 4 is 17.6 Å². The first-order valence-electron chi connectivity index (χ1n) is 5.61. The highest BCUT2D eigenvalue weighted by Gasteiger charge is 2.13.